The van der Waals surface area contributed by atoms with Crippen molar-refractivity contribution in [1.29, 1.82) is 5.41 Å². The van der Waals surface area contributed by atoms with Gasteiger partial charge in [0.2, 0.25) is 5.91 Å². The van der Waals surface area contributed by atoms with Gasteiger partial charge < -0.3 is 0 Å². The van der Waals surface area contributed by atoms with Crippen LogP contribution >= 0.6 is 11.6 Å². The Labute approximate surface area is 183 Å². The molecule has 1 atom stereocenters. The Morgan fingerprint density at radius 1 is 0.900 bits per heavy atom. The third-order valence-corrected chi connectivity index (χ3v) is 7.57. The van der Waals surface area contributed by atoms with Crippen LogP contribution in [0.25, 0.3) is 11.1 Å². The third kappa shape index (κ3) is 3.37. The minimum Gasteiger partial charge on any atom is -0.297 e. The number of hydrogen-bond acceptors (Lipinski definition) is 2. The number of hydrogen-bond donors (Lipinski definition) is 1. The molecule has 0 spiro atoms. The van der Waals surface area contributed by atoms with E-state index in [4.69, 9.17) is 17.0 Å². The van der Waals surface area contributed by atoms with Crippen molar-refractivity contribution in [3.63, 3.8) is 0 Å². The number of carbonyl (C=O) groups is 1. The van der Waals surface area contributed by atoms with Crippen molar-refractivity contribution in [3.8, 4) is 11.1 Å². The number of rotatable bonds is 4. The molecular weight excluding hydrogens is 392 g/mol. The second-order valence-electron chi connectivity index (χ2n) is 9.28. The summed E-state index contributed by atoms with van der Waals surface area (Å²) in [6.07, 6.45) is 9.63. The number of carbonyl (C=O) groups excluding carboxylic acids is 1. The van der Waals surface area contributed by atoms with E-state index in [0.29, 0.717) is 23.2 Å². The predicted molar refractivity (Wildman–Crippen MR) is 122 cm³/mol. The van der Waals surface area contributed by atoms with Crippen LogP contribution in [0.5, 0.6) is 0 Å². The van der Waals surface area contributed by atoms with Crippen LogP contribution in [-0.4, -0.2) is 22.7 Å². The molecule has 3 aliphatic rings. The smallest absolute Gasteiger partial charge is 0.239 e. The van der Waals surface area contributed by atoms with Crippen molar-refractivity contribution in [2.24, 2.45) is 5.92 Å². The molecule has 2 aliphatic carbocycles. The normalized spacial score (nSPS) is 25.6. The van der Waals surface area contributed by atoms with Crippen LogP contribution in [0.15, 0.2) is 48.5 Å². The molecule has 2 aromatic rings. The summed E-state index contributed by atoms with van der Waals surface area (Å²) in [6, 6.07) is 16.5. The van der Waals surface area contributed by atoms with E-state index in [0.717, 1.165) is 42.4 Å². The molecule has 2 saturated carbocycles. The Morgan fingerprint density at radius 2 is 1.57 bits per heavy atom. The Bertz CT molecular complexity index is 975. The van der Waals surface area contributed by atoms with Gasteiger partial charge in [-0.1, -0.05) is 73.7 Å². The van der Waals surface area contributed by atoms with Crippen LogP contribution < -0.4 is 0 Å². The Hall–Kier alpha value is -2.13. The van der Waals surface area contributed by atoms with Crippen LogP contribution in [-0.2, 0) is 10.2 Å². The highest BCUT2D eigenvalue weighted by Gasteiger charge is 2.59. The van der Waals surface area contributed by atoms with E-state index in [-0.39, 0.29) is 11.9 Å². The van der Waals surface area contributed by atoms with Crippen LogP contribution in [0, 0.1) is 11.3 Å². The zero-order chi connectivity index (χ0) is 20.7. The van der Waals surface area contributed by atoms with Crippen molar-refractivity contribution in [2.75, 3.05) is 0 Å². The third-order valence-electron chi connectivity index (χ3n) is 7.34. The van der Waals surface area contributed by atoms with E-state index in [2.05, 4.69) is 30.3 Å². The van der Waals surface area contributed by atoms with Crippen molar-refractivity contribution < 1.29 is 4.79 Å². The molecule has 2 aromatic carbocycles. The summed E-state index contributed by atoms with van der Waals surface area (Å²) in [5, 5.41) is 9.52. The van der Waals surface area contributed by atoms with Gasteiger partial charge in [-0.15, -0.1) is 0 Å². The molecule has 1 amide bonds. The molecule has 0 bridgehead atoms. The largest absolute Gasteiger partial charge is 0.297 e. The maximum Gasteiger partial charge on any atom is 0.239 e. The minimum atomic E-state index is -0.558. The topological polar surface area (TPSA) is 44.2 Å². The number of benzene rings is 2. The number of amides is 1. The molecule has 156 valence electrons. The standard InChI is InChI=1S/C26H29ClN2O/c27-22-10-6-8-19(16-22)18-7-5-9-21(15-18)26(20-13-14-20)17-24(28)29(25(26)30)23-11-3-1-2-4-12-23/h5-10,15-16,20,23,28H,1-4,11-14,17H2. The highest BCUT2D eigenvalue weighted by atomic mass is 35.5. The molecule has 1 saturated heterocycles. The van der Waals surface area contributed by atoms with Gasteiger partial charge in [0.15, 0.2) is 0 Å². The van der Waals surface area contributed by atoms with Crippen molar-refractivity contribution >= 4 is 23.3 Å². The van der Waals surface area contributed by atoms with Crippen LogP contribution in [0.3, 0.4) is 0 Å². The quantitative estimate of drug-likeness (QED) is 0.557. The van der Waals surface area contributed by atoms with Gasteiger partial charge in [-0.25, -0.2) is 0 Å². The highest BCUT2D eigenvalue weighted by Crippen LogP contribution is 2.54. The fourth-order valence-electron chi connectivity index (χ4n) is 5.67. The maximum absolute atomic E-state index is 14.0. The van der Waals surface area contributed by atoms with Gasteiger partial charge in [-0.05, 0) is 60.4 Å². The van der Waals surface area contributed by atoms with Gasteiger partial charge >= 0.3 is 0 Å². The molecular formula is C26H29ClN2O. The van der Waals surface area contributed by atoms with Gasteiger partial charge in [0.1, 0.15) is 5.84 Å². The van der Waals surface area contributed by atoms with Gasteiger partial charge in [0.05, 0.1) is 5.41 Å². The van der Waals surface area contributed by atoms with Crippen LogP contribution in [0.1, 0.15) is 63.4 Å². The van der Waals surface area contributed by atoms with Gasteiger partial charge in [-0.3, -0.25) is 15.1 Å². The van der Waals surface area contributed by atoms with Crippen molar-refractivity contribution in [3.05, 3.63) is 59.1 Å². The first-order valence-corrected chi connectivity index (χ1v) is 11.7. The van der Waals surface area contributed by atoms with Crippen molar-refractivity contribution in [2.45, 2.75) is 69.2 Å². The summed E-state index contributed by atoms with van der Waals surface area (Å²) in [6.45, 7) is 0. The van der Waals surface area contributed by atoms with Gasteiger partial charge in [-0.2, -0.15) is 0 Å². The molecule has 4 heteroatoms. The first kappa shape index (κ1) is 19.8. The average Bonchev–Trinajstić information content (AvgIpc) is 3.58. The van der Waals surface area contributed by atoms with Gasteiger partial charge in [0, 0.05) is 17.5 Å². The van der Waals surface area contributed by atoms with E-state index < -0.39 is 5.41 Å². The molecule has 0 radical (unpaired) electrons. The molecule has 1 unspecified atom stereocenters. The zero-order valence-electron chi connectivity index (χ0n) is 17.4. The molecule has 1 heterocycles. The lowest BCUT2D eigenvalue weighted by atomic mass is 9.73. The van der Waals surface area contributed by atoms with Crippen LogP contribution in [0.2, 0.25) is 5.02 Å². The molecule has 1 N–H and O–H groups in total. The Balaban J connectivity index is 1.53. The van der Waals surface area contributed by atoms with E-state index >= 15 is 0 Å². The maximum atomic E-state index is 14.0. The van der Waals surface area contributed by atoms with Crippen molar-refractivity contribution in [1.82, 2.24) is 4.90 Å². The van der Waals surface area contributed by atoms with E-state index in [1.165, 1.54) is 25.7 Å². The summed E-state index contributed by atoms with van der Waals surface area (Å²) >= 11 is 6.22. The van der Waals surface area contributed by atoms with Gasteiger partial charge in [0.25, 0.3) is 0 Å². The molecule has 30 heavy (non-hydrogen) atoms. The summed E-state index contributed by atoms with van der Waals surface area (Å²) < 4.78 is 0. The first-order valence-electron chi connectivity index (χ1n) is 11.4. The molecule has 3 nitrogen and oxygen atoms in total. The molecule has 1 aliphatic heterocycles. The summed E-state index contributed by atoms with van der Waals surface area (Å²) in [7, 11) is 0. The minimum absolute atomic E-state index is 0.185. The number of nitrogens with zero attached hydrogens (tertiary/aromatic N) is 1. The Kier molecular flexibility index (Phi) is 5.18. The van der Waals surface area contributed by atoms with E-state index in [9.17, 15) is 4.79 Å². The fourth-order valence-corrected chi connectivity index (χ4v) is 5.86. The lowest BCUT2D eigenvalue weighted by Gasteiger charge is -2.31. The lowest BCUT2D eigenvalue weighted by Crippen LogP contribution is -2.44. The summed E-state index contributed by atoms with van der Waals surface area (Å²) in [5.41, 5.74) is 2.67. The zero-order valence-corrected chi connectivity index (χ0v) is 18.1. The monoisotopic (exact) mass is 420 g/mol. The Morgan fingerprint density at radius 3 is 2.23 bits per heavy atom. The number of likely N-dealkylation sites (tertiary alicyclic amines) is 1. The number of halogens is 1. The second-order valence-corrected chi connectivity index (χ2v) is 9.72. The number of amidine groups is 1. The van der Waals surface area contributed by atoms with E-state index in [1.807, 2.05) is 23.1 Å². The summed E-state index contributed by atoms with van der Waals surface area (Å²) in [5.74, 6) is 1.08. The molecule has 0 aromatic heterocycles. The SMILES string of the molecule is N=C1CC(c2cccc(-c3cccc(Cl)c3)c2)(C2CC2)C(=O)N1C1CCCCCC1. The first-order chi connectivity index (χ1) is 14.6. The lowest BCUT2D eigenvalue weighted by molar-refractivity contribution is -0.133. The number of nitrogens with one attached hydrogen (secondary N) is 1. The molecule has 3 fully saturated rings. The second kappa shape index (κ2) is 7.85. The fraction of sp³-hybridized carbons (Fsp3) is 0.462. The average molecular weight is 421 g/mol. The highest BCUT2D eigenvalue weighted by molar-refractivity contribution is 6.30. The summed E-state index contributed by atoms with van der Waals surface area (Å²) in [4.78, 5) is 15.9. The predicted octanol–water partition coefficient (Wildman–Crippen LogP) is 6.59. The van der Waals surface area contributed by atoms with Crippen LogP contribution in [0.4, 0.5) is 0 Å². The molecule has 5 rings (SSSR count). The van der Waals surface area contributed by atoms with E-state index in [1.54, 1.807) is 0 Å².